The number of unbranched alkanes of at least 4 members (excludes halogenated alkanes) is 1. The molecule has 122 valence electrons. The first-order chi connectivity index (χ1) is 9.55. The largest absolute Gasteiger partial charge is 0.326 e. The van der Waals surface area contributed by atoms with Crippen LogP contribution in [-0.2, 0) is 0 Å². The van der Waals surface area contributed by atoms with Crippen LogP contribution in [0.2, 0.25) is 0 Å². The summed E-state index contributed by atoms with van der Waals surface area (Å²) >= 11 is 0. The first-order valence-corrected chi connectivity index (χ1v) is 9.06. The molecule has 0 aromatic heterocycles. The van der Waals surface area contributed by atoms with Crippen molar-refractivity contribution in [2.24, 2.45) is 11.7 Å². The van der Waals surface area contributed by atoms with E-state index in [9.17, 15) is 0 Å². The fraction of sp³-hybridized carbons (Fsp3) is 1.00. The summed E-state index contributed by atoms with van der Waals surface area (Å²) in [6, 6.07) is 0.305. The average Bonchev–Trinajstić information content (AvgIpc) is 2.48. The third kappa shape index (κ3) is 5.04. The Balaban J connectivity index is 4.89. The number of hydrogen-bond donors (Lipinski definition) is 1. The number of likely N-dealkylation sites (N-methyl/N-ethyl adjacent to an activating group) is 1. The molecule has 0 bridgehead atoms. The minimum Gasteiger partial charge on any atom is -0.326 e. The van der Waals surface area contributed by atoms with E-state index < -0.39 is 0 Å². The lowest BCUT2D eigenvalue weighted by atomic mass is 9.77. The fourth-order valence-electron chi connectivity index (χ4n) is 3.87. The lowest BCUT2D eigenvalue weighted by molar-refractivity contribution is 0.0533. The third-order valence-corrected chi connectivity index (χ3v) is 5.44. The lowest BCUT2D eigenvalue weighted by Crippen LogP contribution is -2.59. The van der Waals surface area contributed by atoms with Gasteiger partial charge in [0.1, 0.15) is 0 Å². The second-order valence-electron chi connectivity index (χ2n) is 6.24. The summed E-state index contributed by atoms with van der Waals surface area (Å²) in [6.07, 6.45) is 8.79. The van der Waals surface area contributed by atoms with Crippen LogP contribution in [-0.4, -0.2) is 29.6 Å². The van der Waals surface area contributed by atoms with Crippen LogP contribution in [0.4, 0.5) is 0 Å². The van der Waals surface area contributed by atoms with E-state index in [4.69, 9.17) is 5.73 Å². The zero-order valence-corrected chi connectivity index (χ0v) is 15.0. The van der Waals surface area contributed by atoms with E-state index in [0.717, 1.165) is 31.8 Å². The highest BCUT2D eigenvalue weighted by molar-refractivity contribution is 4.97. The van der Waals surface area contributed by atoms with Crippen LogP contribution >= 0.6 is 0 Å². The Morgan fingerprint density at radius 2 is 1.50 bits per heavy atom. The molecule has 0 saturated heterocycles. The quantitative estimate of drug-likeness (QED) is 0.556. The van der Waals surface area contributed by atoms with E-state index in [1.54, 1.807) is 0 Å². The number of hydrogen-bond acceptors (Lipinski definition) is 2. The maximum atomic E-state index is 6.73. The van der Waals surface area contributed by atoms with Crippen LogP contribution < -0.4 is 5.73 Å². The predicted octanol–water partition coefficient (Wildman–Crippen LogP) is 4.82. The van der Waals surface area contributed by atoms with Gasteiger partial charge in [-0.15, -0.1) is 0 Å². The van der Waals surface area contributed by atoms with Crippen molar-refractivity contribution >= 4 is 0 Å². The van der Waals surface area contributed by atoms with E-state index in [0.29, 0.717) is 6.04 Å². The van der Waals surface area contributed by atoms with E-state index >= 15 is 0 Å². The molecule has 2 unspecified atom stereocenters. The summed E-state index contributed by atoms with van der Waals surface area (Å²) < 4.78 is 0. The summed E-state index contributed by atoms with van der Waals surface area (Å²) in [7, 11) is 0. The maximum Gasteiger partial charge on any atom is 0.0355 e. The van der Waals surface area contributed by atoms with Gasteiger partial charge in [0.05, 0.1) is 0 Å². The van der Waals surface area contributed by atoms with Gasteiger partial charge in [0.15, 0.2) is 0 Å². The summed E-state index contributed by atoms with van der Waals surface area (Å²) in [5, 5.41) is 0. The predicted molar refractivity (Wildman–Crippen MR) is 92.1 cm³/mol. The molecule has 0 aliphatic heterocycles. The van der Waals surface area contributed by atoms with Crippen LogP contribution in [0.1, 0.15) is 86.5 Å². The second-order valence-corrected chi connectivity index (χ2v) is 6.24. The molecular weight excluding hydrogens is 244 g/mol. The molecular formula is C18H40N2. The zero-order valence-electron chi connectivity index (χ0n) is 15.0. The molecule has 2 atom stereocenters. The average molecular weight is 285 g/mol. The van der Waals surface area contributed by atoms with Crippen LogP contribution in [0, 0.1) is 5.92 Å². The summed E-state index contributed by atoms with van der Waals surface area (Å²) in [5.74, 6) is 0.804. The molecule has 0 amide bonds. The summed E-state index contributed by atoms with van der Waals surface area (Å²) in [6.45, 7) is 16.0. The Hall–Kier alpha value is -0.0800. The molecule has 0 aliphatic carbocycles. The van der Waals surface area contributed by atoms with Gasteiger partial charge in [-0.25, -0.2) is 0 Å². The highest BCUT2D eigenvalue weighted by atomic mass is 15.2. The third-order valence-electron chi connectivity index (χ3n) is 5.44. The molecule has 0 aliphatic rings. The molecule has 0 heterocycles. The fourth-order valence-corrected chi connectivity index (χ4v) is 3.87. The van der Waals surface area contributed by atoms with Gasteiger partial charge in [0.25, 0.3) is 0 Å². The molecule has 0 aromatic rings. The zero-order chi connectivity index (χ0) is 15.6. The molecule has 20 heavy (non-hydrogen) atoms. The normalized spacial score (nSPS) is 15.6. The van der Waals surface area contributed by atoms with Crippen LogP contribution in [0.5, 0.6) is 0 Å². The first kappa shape index (κ1) is 19.9. The molecule has 0 aromatic carbocycles. The van der Waals surface area contributed by atoms with Crippen molar-refractivity contribution in [3.8, 4) is 0 Å². The van der Waals surface area contributed by atoms with Crippen molar-refractivity contribution in [1.82, 2.24) is 4.90 Å². The van der Waals surface area contributed by atoms with Crippen molar-refractivity contribution in [2.75, 3.05) is 13.1 Å². The molecule has 0 rings (SSSR count). The van der Waals surface area contributed by atoms with Crippen molar-refractivity contribution in [2.45, 2.75) is 98.1 Å². The minimum absolute atomic E-state index is 0.198. The summed E-state index contributed by atoms with van der Waals surface area (Å²) in [5.41, 5.74) is 6.93. The monoisotopic (exact) mass is 284 g/mol. The highest BCUT2D eigenvalue weighted by Crippen LogP contribution is 2.31. The number of rotatable bonds is 12. The Morgan fingerprint density at radius 3 is 1.85 bits per heavy atom. The molecule has 0 saturated carbocycles. The SMILES string of the molecule is CCCCC(CC)CC(N)C(CC)(CC)N(CC)CC. The Labute approximate surface area is 128 Å². The van der Waals surface area contributed by atoms with Gasteiger partial charge in [-0.05, 0) is 38.3 Å². The van der Waals surface area contributed by atoms with Gasteiger partial charge in [0, 0.05) is 11.6 Å². The number of nitrogens with zero attached hydrogens (tertiary/aromatic N) is 1. The Morgan fingerprint density at radius 1 is 0.950 bits per heavy atom. The van der Waals surface area contributed by atoms with Crippen molar-refractivity contribution < 1.29 is 0 Å². The summed E-state index contributed by atoms with van der Waals surface area (Å²) in [4.78, 5) is 2.60. The van der Waals surface area contributed by atoms with Gasteiger partial charge in [-0.3, -0.25) is 4.90 Å². The molecule has 2 heteroatoms. The van der Waals surface area contributed by atoms with Crippen LogP contribution in [0.3, 0.4) is 0 Å². The van der Waals surface area contributed by atoms with Gasteiger partial charge in [-0.1, -0.05) is 67.2 Å². The second kappa shape index (κ2) is 10.6. The van der Waals surface area contributed by atoms with Crippen molar-refractivity contribution in [1.29, 1.82) is 0 Å². The van der Waals surface area contributed by atoms with Crippen molar-refractivity contribution in [3.63, 3.8) is 0 Å². The molecule has 0 radical (unpaired) electrons. The van der Waals surface area contributed by atoms with E-state index in [1.165, 1.54) is 32.1 Å². The topological polar surface area (TPSA) is 29.3 Å². The van der Waals surface area contributed by atoms with Gasteiger partial charge < -0.3 is 5.73 Å². The highest BCUT2D eigenvalue weighted by Gasteiger charge is 2.38. The first-order valence-electron chi connectivity index (χ1n) is 9.06. The van der Waals surface area contributed by atoms with Crippen LogP contribution in [0.15, 0.2) is 0 Å². The molecule has 2 nitrogen and oxygen atoms in total. The van der Waals surface area contributed by atoms with E-state index in [2.05, 4.69) is 46.4 Å². The number of nitrogens with two attached hydrogens (primary N) is 1. The molecule has 0 spiro atoms. The Kier molecular flexibility index (Phi) is 10.6. The minimum atomic E-state index is 0.198. The maximum absolute atomic E-state index is 6.73. The van der Waals surface area contributed by atoms with Crippen LogP contribution in [0.25, 0.3) is 0 Å². The Bertz CT molecular complexity index is 219. The van der Waals surface area contributed by atoms with Gasteiger partial charge in [-0.2, -0.15) is 0 Å². The van der Waals surface area contributed by atoms with Crippen molar-refractivity contribution in [3.05, 3.63) is 0 Å². The molecule has 0 fully saturated rings. The van der Waals surface area contributed by atoms with E-state index in [-0.39, 0.29) is 5.54 Å². The van der Waals surface area contributed by atoms with E-state index in [1.807, 2.05) is 0 Å². The van der Waals surface area contributed by atoms with Gasteiger partial charge >= 0.3 is 0 Å². The smallest absolute Gasteiger partial charge is 0.0355 e. The molecule has 2 N–H and O–H groups in total. The lowest BCUT2D eigenvalue weighted by Gasteiger charge is -2.47. The van der Waals surface area contributed by atoms with Gasteiger partial charge in [0.2, 0.25) is 0 Å². The standard InChI is InChI=1S/C18H40N2/c1-7-13-14-16(8-2)15-17(19)18(9-3,10-4)20(11-5)12-6/h16-17H,7-15,19H2,1-6H3.